The number of rotatable bonds is 5. The second-order valence-electron chi connectivity index (χ2n) is 5.05. The first-order valence-corrected chi connectivity index (χ1v) is 6.85. The highest BCUT2D eigenvalue weighted by molar-refractivity contribution is 5.30. The number of aliphatic hydroxyl groups excluding tert-OH is 1. The summed E-state index contributed by atoms with van der Waals surface area (Å²) in [5.41, 5.74) is 0.364. The lowest BCUT2D eigenvalue weighted by atomic mass is 9.90. The van der Waals surface area contributed by atoms with Crippen LogP contribution in [0.3, 0.4) is 0 Å². The molecule has 0 saturated heterocycles. The number of aliphatic hydroxyl groups is 1. The molecule has 0 radical (unpaired) electrons. The van der Waals surface area contributed by atoms with E-state index in [1.54, 1.807) is 24.3 Å². The first kappa shape index (κ1) is 11.3. The van der Waals surface area contributed by atoms with Gasteiger partial charge in [0.25, 0.3) is 0 Å². The molecule has 3 heteroatoms. The van der Waals surface area contributed by atoms with E-state index >= 15 is 0 Å². The summed E-state index contributed by atoms with van der Waals surface area (Å²) in [5, 5.41) is 18.7. The summed E-state index contributed by atoms with van der Waals surface area (Å²) in [5.74, 6) is 1.20. The molecule has 1 aromatic carbocycles. The maximum absolute atomic E-state index is 9.94. The molecule has 1 unspecified atom stereocenters. The van der Waals surface area contributed by atoms with Gasteiger partial charge in [0.1, 0.15) is 5.75 Å². The highest BCUT2D eigenvalue weighted by Gasteiger charge is 2.14. The largest absolute Gasteiger partial charge is 0.493 e. The minimum atomic E-state index is -2.30. The third kappa shape index (κ3) is 4.25. The number of benzene rings is 1. The molecule has 1 aliphatic carbocycles. The standard InChI is InChI=1S/C16H21NO2/c17-10-9-16(18)14-7-4-8-15(11-14)19-12-13-5-2-1-3-6-13/h4,7-8,11,13,16,18H,1-3,5-6,9,12H2/i9D2. The zero-order chi connectivity index (χ0) is 15.3. The minimum Gasteiger partial charge on any atom is -0.493 e. The molecule has 0 amide bonds. The molecule has 1 fully saturated rings. The van der Waals surface area contributed by atoms with Crippen molar-refractivity contribution in [1.82, 2.24) is 0 Å². The van der Waals surface area contributed by atoms with Crippen LogP contribution in [0, 0.1) is 17.2 Å². The fourth-order valence-corrected chi connectivity index (χ4v) is 2.49. The second-order valence-corrected chi connectivity index (χ2v) is 5.05. The van der Waals surface area contributed by atoms with Crippen LogP contribution in [-0.2, 0) is 0 Å². The van der Waals surface area contributed by atoms with Gasteiger partial charge in [0.2, 0.25) is 0 Å². The van der Waals surface area contributed by atoms with Crippen molar-refractivity contribution >= 4 is 0 Å². The fourth-order valence-electron chi connectivity index (χ4n) is 2.49. The summed E-state index contributed by atoms with van der Waals surface area (Å²) >= 11 is 0. The van der Waals surface area contributed by atoms with Crippen LogP contribution in [0.15, 0.2) is 24.3 Å². The maximum Gasteiger partial charge on any atom is 0.119 e. The maximum atomic E-state index is 9.94. The number of nitrogens with zero attached hydrogens (tertiary/aromatic N) is 1. The van der Waals surface area contributed by atoms with Crippen LogP contribution in [0.25, 0.3) is 0 Å². The highest BCUT2D eigenvalue weighted by Crippen LogP contribution is 2.26. The van der Waals surface area contributed by atoms with Crippen molar-refractivity contribution in [2.75, 3.05) is 6.61 Å². The van der Waals surface area contributed by atoms with E-state index in [9.17, 15) is 5.11 Å². The van der Waals surface area contributed by atoms with E-state index in [2.05, 4.69) is 0 Å². The summed E-state index contributed by atoms with van der Waals surface area (Å²) in [4.78, 5) is 0. The van der Waals surface area contributed by atoms with Crippen LogP contribution in [0.1, 0.15) is 52.9 Å². The van der Waals surface area contributed by atoms with Crippen molar-refractivity contribution in [1.29, 1.82) is 5.26 Å². The van der Waals surface area contributed by atoms with E-state index in [4.69, 9.17) is 12.7 Å². The summed E-state index contributed by atoms with van der Waals surface area (Å²) in [6.07, 6.45) is 2.44. The molecule has 3 nitrogen and oxygen atoms in total. The molecular formula is C16H21NO2. The number of hydrogen-bond acceptors (Lipinski definition) is 3. The molecule has 1 N–H and O–H groups in total. The predicted octanol–water partition coefficient (Wildman–Crippen LogP) is 3.59. The van der Waals surface area contributed by atoms with Gasteiger partial charge in [0.15, 0.2) is 0 Å². The lowest BCUT2D eigenvalue weighted by Crippen LogP contribution is -2.15. The van der Waals surface area contributed by atoms with E-state index in [0.29, 0.717) is 23.8 Å². The average molecular weight is 261 g/mol. The molecule has 0 heterocycles. The van der Waals surface area contributed by atoms with Gasteiger partial charge in [-0.3, -0.25) is 0 Å². The topological polar surface area (TPSA) is 53.2 Å². The Morgan fingerprint density at radius 2 is 2.21 bits per heavy atom. The van der Waals surface area contributed by atoms with Gasteiger partial charge >= 0.3 is 0 Å². The van der Waals surface area contributed by atoms with Gasteiger partial charge in [-0.05, 0) is 36.5 Å². The zero-order valence-corrected chi connectivity index (χ0v) is 11.0. The van der Waals surface area contributed by atoms with Crippen LogP contribution in [-0.4, -0.2) is 11.7 Å². The van der Waals surface area contributed by atoms with Crippen LogP contribution >= 0.6 is 0 Å². The van der Waals surface area contributed by atoms with E-state index in [0.717, 1.165) is 0 Å². The van der Waals surface area contributed by atoms with Crippen molar-refractivity contribution in [2.24, 2.45) is 5.92 Å². The van der Waals surface area contributed by atoms with Gasteiger partial charge in [0, 0.05) is 2.74 Å². The molecule has 0 spiro atoms. The first-order chi connectivity index (χ1) is 10.0. The number of ether oxygens (including phenoxy) is 1. The smallest absolute Gasteiger partial charge is 0.119 e. The Hall–Kier alpha value is -1.53. The Morgan fingerprint density at radius 1 is 1.42 bits per heavy atom. The Balaban J connectivity index is 1.99. The second kappa shape index (κ2) is 7.16. The molecular weight excluding hydrogens is 238 g/mol. The molecule has 1 atom stereocenters. The average Bonchev–Trinajstić information content (AvgIpc) is 2.53. The highest BCUT2D eigenvalue weighted by atomic mass is 16.5. The first-order valence-electron chi connectivity index (χ1n) is 7.85. The lowest BCUT2D eigenvalue weighted by molar-refractivity contribution is 0.181. The summed E-state index contributed by atoms with van der Waals surface area (Å²) < 4.78 is 20.7. The third-order valence-corrected chi connectivity index (χ3v) is 3.59. The van der Waals surface area contributed by atoms with Gasteiger partial charge in [0.05, 0.1) is 25.2 Å². The molecule has 19 heavy (non-hydrogen) atoms. The molecule has 1 aromatic rings. The molecule has 102 valence electrons. The summed E-state index contributed by atoms with van der Waals surface area (Å²) in [7, 11) is 0. The van der Waals surface area contributed by atoms with E-state index < -0.39 is 12.5 Å². The van der Waals surface area contributed by atoms with E-state index in [1.807, 2.05) is 0 Å². The molecule has 1 saturated carbocycles. The van der Waals surface area contributed by atoms with Crippen LogP contribution in [0.5, 0.6) is 5.75 Å². The van der Waals surface area contributed by atoms with Crippen molar-refractivity contribution in [3.63, 3.8) is 0 Å². The van der Waals surface area contributed by atoms with Gasteiger partial charge in [-0.25, -0.2) is 0 Å². The van der Waals surface area contributed by atoms with E-state index in [-0.39, 0.29) is 0 Å². The number of hydrogen-bond donors (Lipinski definition) is 1. The molecule has 0 aliphatic heterocycles. The van der Waals surface area contributed by atoms with Crippen molar-refractivity contribution in [3.05, 3.63) is 29.8 Å². The van der Waals surface area contributed by atoms with Gasteiger partial charge in [-0.15, -0.1) is 0 Å². The SMILES string of the molecule is [2H]C([2H])(C#N)C(O)c1cccc(OCC2CCCCC2)c1. The van der Waals surface area contributed by atoms with Crippen LogP contribution in [0.2, 0.25) is 0 Å². The van der Waals surface area contributed by atoms with Gasteiger partial charge in [-0.2, -0.15) is 5.26 Å². The Bertz CT molecular complexity index is 507. The Labute approximate surface area is 117 Å². The Morgan fingerprint density at radius 3 is 2.95 bits per heavy atom. The molecule has 2 rings (SSSR count). The quantitative estimate of drug-likeness (QED) is 0.881. The van der Waals surface area contributed by atoms with Crippen molar-refractivity contribution in [3.8, 4) is 11.8 Å². The summed E-state index contributed by atoms with van der Waals surface area (Å²) in [6.45, 7) is 0.657. The van der Waals surface area contributed by atoms with Crippen molar-refractivity contribution < 1.29 is 12.6 Å². The molecule has 1 aliphatic rings. The minimum absolute atomic E-state index is 0.364. The number of nitriles is 1. The predicted molar refractivity (Wildman–Crippen MR) is 73.7 cm³/mol. The fraction of sp³-hybridized carbons (Fsp3) is 0.562. The van der Waals surface area contributed by atoms with Crippen LogP contribution in [0.4, 0.5) is 0 Å². The normalized spacial score (nSPS) is 20.0. The van der Waals surface area contributed by atoms with E-state index in [1.165, 1.54) is 38.2 Å². The summed E-state index contributed by atoms with van der Waals surface area (Å²) in [6, 6.07) is 8.21. The zero-order valence-electron chi connectivity index (χ0n) is 13.0. The van der Waals surface area contributed by atoms with Gasteiger partial charge in [-0.1, -0.05) is 31.4 Å². The third-order valence-electron chi connectivity index (χ3n) is 3.59. The Kier molecular flexibility index (Phi) is 4.26. The lowest BCUT2D eigenvalue weighted by Gasteiger charge is -2.21. The molecule has 0 bridgehead atoms. The van der Waals surface area contributed by atoms with Crippen molar-refractivity contribution in [2.45, 2.75) is 44.6 Å². The van der Waals surface area contributed by atoms with Crippen LogP contribution < -0.4 is 4.74 Å². The van der Waals surface area contributed by atoms with Gasteiger partial charge < -0.3 is 9.84 Å². The monoisotopic (exact) mass is 261 g/mol. The molecule has 0 aromatic heterocycles.